The van der Waals surface area contributed by atoms with Gasteiger partial charge in [-0.2, -0.15) is 0 Å². The first-order valence-corrected chi connectivity index (χ1v) is 5.61. The van der Waals surface area contributed by atoms with Crippen LogP contribution < -0.4 is 5.32 Å². The lowest BCUT2D eigenvalue weighted by atomic mass is 9.93. The van der Waals surface area contributed by atoms with E-state index in [2.05, 4.69) is 47.6 Å². The van der Waals surface area contributed by atoms with Crippen LogP contribution in [0.1, 0.15) is 30.0 Å². The van der Waals surface area contributed by atoms with Crippen LogP contribution in [0.15, 0.2) is 48.8 Å². The average Bonchev–Trinajstić information content (AvgIpc) is 2.69. The number of benzene rings is 1. The Balaban J connectivity index is 1.99. The van der Waals surface area contributed by atoms with E-state index in [1.54, 1.807) is 0 Å². The molecule has 2 aromatic rings. The molecule has 1 aliphatic rings. The van der Waals surface area contributed by atoms with E-state index in [9.17, 15) is 0 Å². The van der Waals surface area contributed by atoms with Gasteiger partial charge in [0.25, 0.3) is 0 Å². The van der Waals surface area contributed by atoms with Crippen molar-refractivity contribution in [3.63, 3.8) is 0 Å². The molecule has 1 N–H and O–H groups in total. The average molecular weight is 210 g/mol. The molecule has 0 aliphatic carbocycles. The van der Waals surface area contributed by atoms with E-state index in [0.29, 0.717) is 12.0 Å². The van der Waals surface area contributed by atoms with Crippen LogP contribution in [-0.2, 0) is 0 Å². The molecule has 3 rings (SSSR count). The predicted octanol–water partition coefficient (Wildman–Crippen LogP) is 3.35. The SMILES string of the molecule is CC1c2ccccc2NC1c1cccnc1. The molecule has 2 nitrogen and oxygen atoms in total. The zero-order valence-electron chi connectivity index (χ0n) is 9.22. The molecule has 0 amide bonds. The highest BCUT2D eigenvalue weighted by Crippen LogP contribution is 2.43. The lowest BCUT2D eigenvalue weighted by molar-refractivity contribution is 0.673. The third kappa shape index (κ3) is 1.38. The number of hydrogen-bond donors (Lipinski definition) is 1. The summed E-state index contributed by atoms with van der Waals surface area (Å²) in [7, 11) is 0. The molecule has 1 aromatic carbocycles. The van der Waals surface area contributed by atoms with Gasteiger partial charge in [-0.05, 0) is 23.3 Å². The van der Waals surface area contributed by atoms with Crippen LogP contribution in [0.3, 0.4) is 0 Å². The summed E-state index contributed by atoms with van der Waals surface area (Å²) in [6, 6.07) is 13.0. The third-order valence-corrected chi connectivity index (χ3v) is 3.31. The molecule has 0 radical (unpaired) electrons. The summed E-state index contributed by atoms with van der Waals surface area (Å²) in [5.74, 6) is 0.500. The molecule has 16 heavy (non-hydrogen) atoms. The molecule has 0 fully saturated rings. The standard InChI is InChI=1S/C14H14N2/c1-10-12-6-2-3-7-13(12)16-14(10)11-5-4-8-15-9-11/h2-10,14,16H,1H3. The maximum absolute atomic E-state index is 4.19. The largest absolute Gasteiger partial charge is 0.377 e. The molecule has 0 saturated heterocycles. The Morgan fingerprint density at radius 2 is 2.00 bits per heavy atom. The van der Waals surface area contributed by atoms with E-state index < -0.39 is 0 Å². The van der Waals surface area contributed by atoms with Crippen LogP contribution in [0, 0.1) is 0 Å². The van der Waals surface area contributed by atoms with Crippen molar-refractivity contribution in [1.82, 2.24) is 4.98 Å². The molecule has 0 saturated carbocycles. The maximum Gasteiger partial charge on any atom is 0.0595 e. The molecular formula is C14H14N2. The van der Waals surface area contributed by atoms with Crippen molar-refractivity contribution in [3.8, 4) is 0 Å². The summed E-state index contributed by atoms with van der Waals surface area (Å²) in [6.07, 6.45) is 3.76. The molecule has 1 aliphatic heterocycles. The molecule has 2 heterocycles. The molecular weight excluding hydrogens is 196 g/mol. The van der Waals surface area contributed by atoms with Crippen LogP contribution in [-0.4, -0.2) is 4.98 Å². The van der Waals surface area contributed by atoms with Crippen LogP contribution in [0.2, 0.25) is 0 Å². The Hall–Kier alpha value is -1.83. The van der Waals surface area contributed by atoms with Gasteiger partial charge in [0.15, 0.2) is 0 Å². The highest BCUT2D eigenvalue weighted by Gasteiger charge is 2.29. The Labute approximate surface area is 95.3 Å². The summed E-state index contributed by atoms with van der Waals surface area (Å²) in [4.78, 5) is 4.19. The predicted molar refractivity (Wildman–Crippen MR) is 65.5 cm³/mol. The van der Waals surface area contributed by atoms with Gasteiger partial charge < -0.3 is 5.32 Å². The van der Waals surface area contributed by atoms with E-state index in [1.807, 2.05) is 18.5 Å². The Morgan fingerprint density at radius 3 is 2.75 bits per heavy atom. The number of hydrogen-bond acceptors (Lipinski definition) is 2. The van der Waals surface area contributed by atoms with Crippen molar-refractivity contribution < 1.29 is 0 Å². The Bertz CT molecular complexity index is 493. The number of para-hydroxylation sites is 1. The van der Waals surface area contributed by atoms with Crippen molar-refractivity contribution in [3.05, 3.63) is 59.9 Å². The summed E-state index contributed by atoms with van der Waals surface area (Å²) >= 11 is 0. The van der Waals surface area contributed by atoms with Gasteiger partial charge in [0.05, 0.1) is 6.04 Å². The fourth-order valence-electron chi connectivity index (χ4n) is 2.43. The van der Waals surface area contributed by atoms with Crippen molar-refractivity contribution in [2.45, 2.75) is 18.9 Å². The summed E-state index contributed by atoms with van der Waals surface area (Å²) in [5.41, 5.74) is 3.91. The minimum absolute atomic E-state index is 0.353. The summed E-state index contributed by atoms with van der Waals surface area (Å²) in [5, 5.41) is 3.56. The van der Waals surface area contributed by atoms with Gasteiger partial charge in [-0.25, -0.2) is 0 Å². The van der Waals surface area contributed by atoms with Gasteiger partial charge in [0.2, 0.25) is 0 Å². The van der Waals surface area contributed by atoms with Gasteiger partial charge in [-0.15, -0.1) is 0 Å². The molecule has 0 bridgehead atoms. The fraction of sp³-hybridized carbons (Fsp3) is 0.214. The Kier molecular flexibility index (Phi) is 2.13. The van der Waals surface area contributed by atoms with E-state index in [0.717, 1.165) is 0 Å². The highest BCUT2D eigenvalue weighted by atomic mass is 15.0. The number of nitrogens with one attached hydrogen (secondary N) is 1. The second kappa shape index (κ2) is 3.63. The van der Waals surface area contributed by atoms with Gasteiger partial charge in [-0.1, -0.05) is 31.2 Å². The number of pyridine rings is 1. The first-order chi connectivity index (χ1) is 7.86. The maximum atomic E-state index is 4.19. The first-order valence-electron chi connectivity index (χ1n) is 5.61. The van der Waals surface area contributed by atoms with Gasteiger partial charge in [0.1, 0.15) is 0 Å². The quantitative estimate of drug-likeness (QED) is 0.780. The van der Waals surface area contributed by atoms with E-state index >= 15 is 0 Å². The van der Waals surface area contributed by atoms with E-state index in [1.165, 1.54) is 16.8 Å². The molecule has 2 atom stereocenters. The zero-order chi connectivity index (χ0) is 11.0. The smallest absolute Gasteiger partial charge is 0.0595 e. The van der Waals surface area contributed by atoms with Crippen LogP contribution >= 0.6 is 0 Å². The van der Waals surface area contributed by atoms with Crippen molar-refractivity contribution in [2.24, 2.45) is 0 Å². The number of anilines is 1. The topological polar surface area (TPSA) is 24.9 Å². The highest BCUT2D eigenvalue weighted by molar-refractivity contribution is 5.60. The lowest BCUT2D eigenvalue weighted by Gasteiger charge is -2.16. The minimum atomic E-state index is 0.353. The Morgan fingerprint density at radius 1 is 1.12 bits per heavy atom. The second-order valence-corrected chi connectivity index (χ2v) is 4.28. The van der Waals surface area contributed by atoms with Gasteiger partial charge >= 0.3 is 0 Å². The minimum Gasteiger partial charge on any atom is -0.377 e. The first kappa shape index (κ1) is 9.40. The molecule has 2 unspecified atom stereocenters. The van der Waals surface area contributed by atoms with Crippen molar-refractivity contribution >= 4 is 5.69 Å². The fourth-order valence-corrected chi connectivity index (χ4v) is 2.43. The molecule has 80 valence electrons. The normalized spacial score (nSPS) is 22.6. The summed E-state index contributed by atoms with van der Waals surface area (Å²) < 4.78 is 0. The van der Waals surface area contributed by atoms with Crippen LogP contribution in [0.25, 0.3) is 0 Å². The number of fused-ring (bicyclic) bond motifs is 1. The number of rotatable bonds is 1. The zero-order valence-corrected chi connectivity index (χ0v) is 9.22. The summed E-state index contributed by atoms with van der Waals surface area (Å²) in [6.45, 7) is 2.26. The van der Waals surface area contributed by atoms with Crippen molar-refractivity contribution in [2.75, 3.05) is 5.32 Å². The lowest BCUT2D eigenvalue weighted by Crippen LogP contribution is -2.09. The van der Waals surface area contributed by atoms with Gasteiger partial charge in [0, 0.05) is 24.0 Å². The monoisotopic (exact) mass is 210 g/mol. The van der Waals surface area contributed by atoms with E-state index in [-0.39, 0.29) is 0 Å². The van der Waals surface area contributed by atoms with Crippen molar-refractivity contribution in [1.29, 1.82) is 0 Å². The van der Waals surface area contributed by atoms with Gasteiger partial charge in [-0.3, -0.25) is 4.98 Å². The van der Waals surface area contributed by atoms with Crippen LogP contribution in [0.5, 0.6) is 0 Å². The number of aromatic nitrogens is 1. The third-order valence-electron chi connectivity index (χ3n) is 3.31. The molecule has 0 spiro atoms. The van der Waals surface area contributed by atoms with Crippen LogP contribution in [0.4, 0.5) is 5.69 Å². The number of nitrogens with zero attached hydrogens (tertiary/aromatic N) is 1. The van der Waals surface area contributed by atoms with E-state index in [4.69, 9.17) is 0 Å². The molecule has 1 aromatic heterocycles. The molecule has 2 heteroatoms. The second-order valence-electron chi connectivity index (χ2n) is 4.28.